The minimum Gasteiger partial charge on any atom is -0.451 e. The Morgan fingerprint density at radius 2 is 2.29 bits per heavy atom. The molecule has 0 radical (unpaired) electrons. The van der Waals surface area contributed by atoms with Gasteiger partial charge in [-0.05, 0) is 43.5 Å². The normalized spacial score (nSPS) is 27.0. The Bertz CT molecular complexity index is 653. The number of fused-ring (bicyclic) bond motifs is 2. The van der Waals surface area contributed by atoms with Crippen LogP contribution in [0.25, 0.3) is 11.3 Å². The Hall–Kier alpha value is -2.14. The number of rotatable bonds is 3. The molecule has 2 aromatic heterocycles. The van der Waals surface area contributed by atoms with Crippen molar-refractivity contribution in [2.75, 3.05) is 0 Å². The van der Waals surface area contributed by atoms with Gasteiger partial charge >= 0.3 is 0 Å². The number of carbonyl (C=O) groups excluding carboxylic acids is 1. The molecule has 4 heterocycles. The average Bonchev–Trinajstić information content (AvgIpc) is 3.24. The van der Waals surface area contributed by atoms with E-state index in [4.69, 9.17) is 4.42 Å². The summed E-state index contributed by atoms with van der Waals surface area (Å²) in [6.07, 6.45) is 6.83. The first-order valence-electron chi connectivity index (χ1n) is 7.37. The summed E-state index contributed by atoms with van der Waals surface area (Å²) in [7, 11) is 0. The molecule has 2 aromatic rings. The first-order chi connectivity index (χ1) is 10.3. The van der Waals surface area contributed by atoms with Crippen molar-refractivity contribution in [2.45, 2.75) is 37.4 Å². The second-order valence-electron chi connectivity index (χ2n) is 5.77. The summed E-state index contributed by atoms with van der Waals surface area (Å²) >= 11 is 0. The summed E-state index contributed by atoms with van der Waals surface area (Å²) in [6, 6.07) is 8.51. The predicted octanol–water partition coefficient (Wildman–Crippen LogP) is 1.96. The Morgan fingerprint density at radius 3 is 3.00 bits per heavy atom. The topological polar surface area (TPSA) is 67.2 Å². The number of furan rings is 1. The molecule has 0 aromatic carbocycles. The molecule has 2 N–H and O–H groups in total. The fourth-order valence-electron chi connectivity index (χ4n) is 3.35. The molecule has 2 aliphatic heterocycles. The molecule has 5 heteroatoms. The van der Waals surface area contributed by atoms with E-state index in [-0.39, 0.29) is 11.9 Å². The van der Waals surface area contributed by atoms with E-state index in [0.29, 0.717) is 23.6 Å². The highest BCUT2D eigenvalue weighted by atomic mass is 16.3. The smallest absolute Gasteiger partial charge is 0.287 e. The molecule has 2 bridgehead atoms. The van der Waals surface area contributed by atoms with Crippen LogP contribution in [0.2, 0.25) is 0 Å². The molecule has 1 amide bonds. The third-order valence-electron chi connectivity index (χ3n) is 4.39. The lowest BCUT2D eigenvalue weighted by atomic mass is 9.95. The first kappa shape index (κ1) is 12.6. The van der Waals surface area contributed by atoms with Crippen molar-refractivity contribution in [1.82, 2.24) is 15.6 Å². The van der Waals surface area contributed by atoms with Gasteiger partial charge < -0.3 is 15.1 Å². The van der Waals surface area contributed by atoms with E-state index in [2.05, 4.69) is 15.6 Å². The quantitative estimate of drug-likeness (QED) is 0.903. The van der Waals surface area contributed by atoms with Gasteiger partial charge in [0.2, 0.25) is 0 Å². The molecule has 2 aliphatic rings. The number of amides is 1. The van der Waals surface area contributed by atoms with E-state index in [1.807, 2.05) is 18.2 Å². The highest BCUT2D eigenvalue weighted by molar-refractivity contribution is 5.92. The van der Waals surface area contributed by atoms with Crippen molar-refractivity contribution >= 4 is 5.91 Å². The van der Waals surface area contributed by atoms with Crippen molar-refractivity contribution in [1.29, 1.82) is 0 Å². The summed E-state index contributed by atoms with van der Waals surface area (Å²) in [6.45, 7) is 0. The summed E-state index contributed by atoms with van der Waals surface area (Å²) in [5.74, 6) is 0.889. The molecule has 3 atom stereocenters. The van der Waals surface area contributed by atoms with Crippen LogP contribution in [0, 0.1) is 0 Å². The molecular weight excluding hydrogens is 266 g/mol. The van der Waals surface area contributed by atoms with Crippen LogP contribution in [-0.4, -0.2) is 29.0 Å². The number of nitrogens with one attached hydrogen (secondary N) is 2. The number of nitrogens with zero attached hydrogens (tertiary/aromatic N) is 1. The molecule has 2 fully saturated rings. The van der Waals surface area contributed by atoms with Gasteiger partial charge in [0.15, 0.2) is 5.76 Å². The summed E-state index contributed by atoms with van der Waals surface area (Å²) in [5, 5.41) is 6.59. The van der Waals surface area contributed by atoms with E-state index >= 15 is 0 Å². The fraction of sp³-hybridized carbons (Fsp3) is 0.375. The monoisotopic (exact) mass is 283 g/mol. The number of hydrogen-bond acceptors (Lipinski definition) is 4. The second kappa shape index (κ2) is 5.00. The van der Waals surface area contributed by atoms with Crippen molar-refractivity contribution in [3.05, 3.63) is 42.4 Å². The largest absolute Gasteiger partial charge is 0.451 e. The molecule has 108 valence electrons. The van der Waals surface area contributed by atoms with Crippen LogP contribution in [0.3, 0.4) is 0 Å². The molecular formula is C16H17N3O2. The average molecular weight is 283 g/mol. The summed E-state index contributed by atoms with van der Waals surface area (Å²) in [5.41, 5.74) is 0.873. The van der Waals surface area contributed by atoms with E-state index in [1.165, 1.54) is 6.42 Å². The van der Waals surface area contributed by atoms with Crippen LogP contribution in [0.1, 0.15) is 29.8 Å². The van der Waals surface area contributed by atoms with Gasteiger partial charge in [0.1, 0.15) is 5.76 Å². The molecule has 21 heavy (non-hydrogen) atoms. The van der Waals surface area contributed by atoms with Crippen LogP contribution in [0.4, 0.5) is 0 Å². The van der Waals surface area contributed by atoms with Gasteiger partial charge in [-0.15, -0.1) is 0 Å². The number of hydrogen-bond donors (Lipinski definition) is 2. The number of aromatic nitrogens is 1. The van der Waals surface area contributed by atoms with Gasteiger partial charge in [-0.2, -0.15) is 0 Å². The number of carbonyl (C=O) groups is 1. The third-order valence-corrected chi connectivity index (χ3v) is 4.39. The summed E-state index contributed by atoms with van der Waals surface area (Å²) < 4.78 is 5.65. The molecule has 2 saturated heterocycles. The van der Waals surface area contributed by atoms with Crippen LogP contribution in [0.5, 0.6) is 0 Å². The Kier molecular flexibility index (Phi) is 3.00. The zero-order valence-corrected chi connectivity index (χ0v) is 11.6. The minimum absolute atomic E-state index is 0.135. The maximum Gasteiger partial charge on any atom is 0.287 e. The molecule has 4 rings (SSSR count). The zero-order valence-electron chi connectivity index (χ0n) is 11.6. The lowest BCUT2D eigenvalue weighted by Crippen LogP contribution is -2.42. The first-order valence-corrected chi connectivity index (χ1v) is 7.37. The highest BCUT2D eigenvalue weighted by Crippen LogP contribution is 2.28. The standard InChI is InChI=1S/C16H17N3O2/c20-16(19-13-8-11-3-4-12(13)18-11)15-6-5-14(21-15)10-2-1-7-17-9-10/h1-2,5-7,9,11-13,18H,3-4,8H2,(H,19,20)/t11-,12+,13-/m1/s1. The highest BCUT2D eigenvalue weighted by Gasteiger charge is 2.39. The predicted molar refractivity (Wildman–Crippen MR) is 77.8 cm³/mol. The molecule has 0 unspecified atom stereocenters. The van der Waals surface area contributed by atoms with Gasteiger partial charge in [0, 0.05) is 36.1 Å². The van der Waals surface area contributed by atoms with Gasteiger partial charge in [-0.25, -0.2) is 0 Å². The molecule has 0 saturated carbocycles. The lowest BCUT2D eigenvalue weighted by molar-refractivity contribution is 0.0903. The Balaban J connectivity index is 1.47. The van der Waals surface area contributed by atoms with Gasteiger partial charge in [0.25, 0.3) is 5.91 Å². The van der Waals surface area contributed by atoms with Gasteiger partial charge in [-0.3, -0.25) is 9.78 Å². The van der Waals surface area contributed by atoms with E-state index in [0.717, 1.165) is 18.4 Å². The van der Waals surface area contributed by atoms with Gasteiger partial charge in [0.05, 0.1) is 0 Å². The maximum atomic E-state index is 12.3. The van der Waals surface area contributed by atoms with E-state index in [9.17, 15) is 4.79 Å². The minimum atomic E-state index is -0.135. The van der Waals surface area contributed by atoms with Crippen molar-refractivity contribution in [2.24, 2.45) is 0 Å². The Morgan fingerprint density at radius 1 is 1.33 bits per heavy atom. The Labute approximate surface area is 122 Å². The zero-order chi connectivity index (χ0) is 14.2. The van der Waals surface area contributed by atoms with Gasteiger partial charge in [-0.1, -0.05) is 0 Å². The van der Waals surface area contributed by atoms with E-state index in [1.54, 1.807) is 18.5 Å². The summed E-state index contributed by atoms with van der Waals surface area (Å²) in [4.78, 5) is 16.3. The van der Waals surface area contributed by atoms with Crippen molar-refractivity contribution < 1.29 is 9.21 Å². The van der Waals surface area contributed by atoms with Crippen molar-refractivity contribution in [3.63, 3.8) is 0 Å². The van der Waals surface area contributed by atoms with Crippen LogP contribution in [-0.2, 0) is 0 Å². The van der Waals surface area contributed by atoms with Crippen LogP contribution < -0.4 is 10.6 Å². The molecule has 0 spiro atoms. The molecule has 5 nitrogen and oxygen atoms in total. The van der Waals surface area contributed by atoms with Crippen LogP contribution >= 0.6 is 0 Å². The number of pyridine rings is 1. The maximum absolute atomic E-state index is 12.3. The second-order valence-corrected chi connectivity index (χ2v) is 5.77. The van der Waals surface area contributed by atoms with Crippen molar-refractivity contribution in [3.8, 4) is 11.3 Å². The molecule has 0 aliphatic carbocycles. The SMILES string of the molecule is O=C(N[C@@H]1C[C@H]2CC[C@@H]1N2)c1ccc(-c2cccnc2)o1. The fourth-order valence-corrected chi connectivity index (χ4v) is 3.35. The van der Waals surface area contributed by atoms with E-state index < -0.39 is 0 Å². The third kappa shape index (κ3) is 2.34. The van der Waals surface area contributed by atoms with Crippen LogP contribution in [0.15, 0.2) is 41.1 Å². The lowest BCUT2D eigenvalue weighted by Gasteiger charge is -2.20.